The van der Waals surface area contributed by atoms with Gasteiger partial charge < -0.3 is 0 Å². The van der Waals surface area contributed by atoms with Gasteiger partial charge >= 0.3 is 18.9 Å². The molecule has 0 saturated heterocycles. The molecule has 0 aliphatic carbocycles. The van der Waals surface area contributed by atoms with Gasteiger partial charge in [-0.25, -0.2) is 0 Å². The van der Waals surface area contributed by atoms with Gasteiger partial charge in [0.2, 0.25) is 0 Å². The summed E-state index contributed by atoms with van der Waals surface area (Å²) in [5.41, 5.74) is 3.97. The second-order valence-electron chi connectivity index (χ2n) is 5.37. The SMILES string of the molecule is Cc1cc(-c2cccc3ccccc23)c2cc[cH-]c2c1.[Li+]. The monoisotopic (exact) mass is 262 g/mol. The summed E-state index contributed by atoms with van der Waals surface area (Å²) in [5.74, 6) is 0. The Labute approximate surface area is 137 Å². The van der Waals surface area contributed by atoms with Crippen molar-refractivity contribution >= 4 is 21.5 Å². The second kappa shape index (κ2) is 5.49. The van der Waals surface area contributed by atoms with Crippen molar-refractivity contribution in [3.05, 3.63) is 78.4 Å². The van der Waals surface area contributed by atoms with Crippen molar-refractivity contribution in [3.63, 3.8) is 0 Å². The minimum atomic E-state index is 0. The zero-order valence-corrected chi connectivity index (χ0v) is 12.4. The topological polar surface area (TPSA) is 0 Å². The molecule has 4 rings (SSSR count). The first-order valence-electron chi connectivity index (χ1n) is 6.97. The number of aryl methyl sites for hydroxylation is 1. The van der Waals surface area contributed by atoms with Gasteiger partial charge in [0, 0.05) is 0 Å². The Bertz CT molecular complexity index is 910. The molecule has 0 aromatic heterocycles. The second-order valence-corrected chi connectivity index (χ2v) is 5.37. The van der Waals surface area contributed by atoms with Crippen LogP contribution in [-0.2, 0) is 0 Å². The molecule has 1 heteroatoms. The van der Waals surface area contributed by atoms with E-state index in [1.807, 2.05) is 0 Å². The van der Waals surface area contributed by atoms with Crippen molar-refractivity contribution in [1.82, 2.24) is 0 Å². The number of hydrogen-bond acceptors (Lipinski definition) is 0. The third-order valence-corrected chi connectivity index (χ3v) is 3.97. The molecule has 0 N–H and O–H groups in total. The number of rotatable bonds is 1. The van der Waals surface area contributed by atoms with E-state index in [2.05, 4.69) is 79.7 Å². The summed E-state index contributed by atoms with van der Waals surface area (Å²) in [7, 11) is 0. The Balaban J connectivity index is 0.00000132. The molecule has 0 radical (unpaired) electrons. The van der Waals surface area contributed by atoms with E-state index in [1.54, 1.807) is 0 Å². The predicted octanol–water partition coefficient (Wildman–Crippen LogP) is 2.69. The van der Waals surface area contributed by atoms with E-state index in [0.29, 0.717) is 0 Å². The zero-order chi connectivity index (χ0) is 13.5. The van der Waals surface area contributed by atoms with Gasteiger partial charge in [-0.1, -0.05) is 59.7 Å². The Morgan fingerprint density at radius 1 is 0.762 bits per heavy atom. The zero-order valence-electron chi connectivity index (χ0n) is 12.4. The molecule has 0 unspecified atom stereocenters. The fraction of sp³-hybridized carbons (Fsp3) is 0.0500. The van der Waals surface area contributed by atoms with E-state index in [1.165, 1.54) is 38.2 Å². The molecule has 0 nitrogen and oxygen atoms in total. The molecule has 0 saturated carbocycles. The smallest absolute Gasteiger partial charge is 0.168 e. The van der Waals surface area contributed by atoms with Crippen LogP contribution in [0.2, 0.25) is 0 Å². The molecular formula is C20H15Li. The van der Waals surface area contributed by atoms with Crippen molar-refractivity contribution in [3.8, 4) is 11.1 Å². The van der Waals surface area contributed by atoms with Crippen molar-refractivity contribution in [2.45, 2.75) is 6.92 Å². The summed E-state index contributed by atoms with van der Waals surface area (Å²) in [6.07, 6.45) is 0. The third-order valence-electron chi connectivity index (χ3n) is 3.97. The molecule has 0 fully saturated rings. The molecule has 96 valence electrons. The maximum atomic E-state index is 2.30. The molecule has 0 aliphatic rings. The van der Waals surface area contributed by atoms with Crippen LogP contribution in [0, 0.1) is 6.92 Å². The molecule has 0 heterocycles. The Hall–Kier alpha value is -1.87. The molecule has 0 spiro atoms. The normalized spacial score (nSPS) is 10.7. The van der Waals surface area contributed by atoms with Crippen molar-refractivity contribution in [2.24, 2.45) is 0 Å². The Morgan fingerprint density at radius 2 is 1.57 bits per heavy atom. The first-order valence-corrected chi connectivity index (χ1v) is 6.97. The molecule has 0 atom stereocenters. The number of fused-ring (bicyclic) bond motifs is 2. The minimum absolute atomic E-state index is 0. The summed E-state index contributed by atoms with van der Waals surface area (Å²) >= 11 is 0. The van der Waals surface area contributed by atoms with Crippen LogP contribution in [0.3, 0.4) is 0 Å². The quantitative estimate of drug-likeness (QED) is 0.365. The van der Waals surface area contributed by atoms with Gasteiger partial charge in [0.15, 0.2) is 0 Å². The van der Waals surface area contributed by atoms with Crippen LogP contribution in [0.5, 0.6) is 0 Å². The van der Waals surface area contributed by atoms with Crippen LogP contribution in [0.25, 0.3) is 32.7 Å². The molecule has 4 aromatic rings. The van der Waals surface area contributed by atoms with Crippen molar-refractivity contribution in [2.75, 3.05) is 0 Å². The molecule has 21 heavy (non-hydrogen) atoms. The van der Waals surface area contributed by atoms with Crippen LogP contribution in [0.1, 0.15) is 5.56 Å². The van der Waals surface area contributed by atoms with E-state index in [9.17, 15) is 0 Å². The molecule has 0 bridgehead atoms. The van der Waals surface area contributed by atoms with E-state index >= 15 is 0 Å². The summed E-state index contributed by atoms with van der Waals surface area (Å²) in [6.45, 7) is 2.17. The van der Waals surface area contributed by atoms with Crippen molar-refractivity contribution in [1.29, 1.82) is 0 Å². The van der Waals surface area contributed by atoms with Crippen LogP contribution in [0.4, 0.5) is 0 Å². The van der Waals surface area contributed by atoms with Gasteiger partial charge in [0.05, 0.1) is 0 Å². The van der Waals surface area contributed by atoms with E-state index in [-0.39, 0.29) is 18.9 Å². The van der Waals surface area contributed by atoms with Gasteiger partial charge in [-0.3, -0.25) is 0 Å². The summed E-state index contributed by atoms with van der Waals surface area (Å²) in [6, 6.07) is 26.2. The predicted molar refractivity (Wildman–Crippen MR) is 87.2 cm³/mol. The maximum Gasteiger partial charge on any atom is 1.00 e. The van der Waals surface area contributed by atoms with Crippen LogP contribution >= 0.6 is 0 Å². The average molecular weight is 262 g/mol. The first kappa shape index (κ1) is 14.1. The Kier molecular flexibility index (Phi) is 3.68. The molecule has 4 aromatic carbocycles. The average Bonchev–Trinajstić information content (AvgIpc) is 2.94. The largest absolute Gasteiger partial charge is 1.00 e. The van der Waals surface area contributed by atoms with Gasteiger partial charge in [-0.05, 0) is 23.3 Å². The van der Waals surface area contributed by atoms with E-state index < -0.39 is 0 Å². The first-order chi connectivity index (χ1) is 9.83. The van der Waals surface area contributed by atoms with Crippen LogP contribution in [0.15, 0.2) is 72.8 Å². The van der Waals surface area contributed by atoms with Gasteiger partial charge in [-0.2, -0.15) is 12.1 Å². The summed E-state index contributed by atoms with van der Waals surface area (Å²) < 4.78 is 0. The molecule has 0 aliphatic heterocycles. The fourth-order valence-electron chi connectivity index (χ4n) is 3.08. The number of hydrogen-bond donors (Lipinski definition) is 0. The minimum Gasteiger partial charge on any atom is -0.168 e. The van der Waals surface area contributed by atoms with Crippen LogP contribution in [-0.4, -0.2) is 0 Å². The van der Waals surface area contributed by atoms with Crippen LogP contribution < -0.4 is 18.9 Å². The van der Waals surface area contributed by atoms with E-state index in [4.69, 9.17) is 0 Å². The van der Waals surface area contributed by atoms with Crippen molar-refractivity contribution < 1.29 is 18.9 Å². The standard InChI is InChI=1S/C20H15.Li/c1-14-12-16-8-5-10-18(16)20(13-14)19-11-4-7-15-6-2-3-9-17(15)19;/h2-13H,1H3;/q-1;+1. The van der Waals surface area contributed by atoms with Gasteiger partial charge in [0.1, 0.15) is 0 Å². The molecule has 0 amide bonds. The van der Waals surface area contributed by atoms with Gasteiger partial charge in [-0.15, -0.1) is 22.9 Å². The fourth-order valence-corrected chi connectivity index (χ4v) is 3.08. The molecular weight excluding hydrogens is 247 g/mol. The summed E-state index contributed by atoms with van der Waals surface area (Å²) in [4.78, 5) is 0. The number of benzene rings is 3. The summed E-state index contributed by atoms with van der Waals surface area (Å²) in [5, 5.41) is 5.29. The van der Waals surface area contributed by atoms with E-state index in [0.717, 1.165) is 0 Å². The third kappa shape index (κ3) is 2.32. The Morgan fingerprint density at radius 3 is 2.48 bits per heavy atom. The maximum absolute atomic E-state index is 2.30. The van der Waals surface area contributed by atoms with Gasteiger partial charge in [0.25, 0.3) is 0 Å².